The molecule has 1 aliphatic heterocycles. The van der Waals surface area contributed by atoms with E-state index in [1.807, 2.05) is 23.5 Å². The van der Waals surface area contributed by atoms with Gasteiger partial charge in [0.15, 0.2) is 17.5 Å². The second kappa shape index (κ2) is 11.4. The van der Waals surface area contributed by atoms with Crippen LogP contribution in [0.1, 0.15) is 23.8 Å². The minimum absolute atomic E-state index is 0. The van der Waals surface area contributed by atoms with Crippen LogP contribution in [-0.2, 0) is 13.0 Å². The van der Waals surface area contributed by atoms with Crippen molar-refractivity contribution in [3.63, 3.8) is 0 Å². The SMILES string of the molecule is CN=C(NCc1ccc2c(c1)OCCCO2)NCC(C)Cc1cccs1.I. The average Bonchev–Trinajstić information content (AvgIpc) is 3.04. The van der Waals surface area contributed by atoms with Gasteiger partial charge in [-0.05, 0) is 41.5 Å². The lowest BCUT2D eigenvalue weighted by atomic mass is 10.1. The first kappa shape index (κ1) is 21.8. The van der Waals surface area contributed by atoms with Gasteiger partial charge in [0.25, 0.3) is 0 Å². The fourth-order valence-corrected chi connectivity index (χ4v) is 3.71. The molecule has 0 saturated heterocycles. The lowest BCUT2D eigenvalue weighted by Crippen LogP contribution is -2.39. The molecule has 1 unspecified atom stereocenters. The van der Waals surface area contributed by atoms with Gasteiger partial charge in [0.1, 0.15) is 0 Å². The lowest BCUT2D eigenvalue weighted by Gasteiger charge is -2.16. The Morgan fingerprint density at radius 1 is 1.19 bits per heavy atom. The minimum Gasteiger partial charge on any atom is -0.490 e. The van der Waals surface area contributed by atoms with Gasteiger partial charge in [0.05, 0.1) is 13.2 Å². The molecule has 0 saturated carbocycles. The summed E-state index contributed by atoms with van der Waals surface area (Å²) in [4.78, 5) is 5.74. The first-order chi connectivity index (χ1) is 12.7. The van der Waals surface area contributed by atoms with E-state index in [2.05, 4.69) is 46.1 Å². The minimum atomic E-state index is 0. The van der Waals surface area contributed by atoms with E-state index in [1.54, 1.807) is 7.05 Å². The summed E-state index contributed by atoms with van der Waals surface area (Å²) in [5.74, 6) is 3.02. The number of thiophene rings is 1. The summed E-state index contributed by atoms with van der Waals surface area (Å²) in [5, 5.41) is 8.91. The monoisotopic (exact) mass is 501 g/mol. The van der Waals surface area contributed by atoms with Crippen LogP contribution in [0.2, 0.25) is 0 Å². The first-order valence-electron chi connectivity index (χ1n) is 9.10. The maximum absolute atomic E-state index is 5.75. The van der Waals surface area contributed by atoms with Crippen molar-refractivity contribution in [1.29, 1.82) is 0 Å². The molecule has 1 atom stereocenters. The predicted octanol–water partition coefficient (Wildman–Crippen LogP) is 4.07. The number of aliphatic imine (C=N–C) groups is 1. The van der Waals surface area contributed by atoms with Crippen molar-refractivity contribution in [3.8, 4) is 11.5 Å². The van der Waals surface area contributed by atoms with Crippen LogP contribution >= 0.6 is 35.3 Å². The summed E-state index contributed by atoms with van der Waals surface area (Å²) in [6.45, 7) is 5.25. The van der Waals surface area contributed by atoms with Crippen LogP contribution in [0, 0.1) is 5.92 Å². The van der Waals surface area contributed by atoms with Crippen molar-refractivity contribution in [1.82, 2.24) is 10.6 Å². The number of rotatable bonds is 6. The van der Waals surface area contributed by atoms with Crippen molar-refractivity contribution in [2.24, 2.45) is 10.9 Å². The van der Waals surface area contributed by atoms with Crippen LogP contribution in [0.25, 0.3) is 0 Å². The van der Waals surface area contributed by atoms with Gasteiger partial charge in [-0.1, -0.05) is 19.1 Å². The molecule has 7 heteroatoms. The van der Waals surface area contributed by atoms with E-state index in [-0.39, 0.29) is 24.0 Å². The second-order valence-corrected chi connectivity index (χ2v) is 7.56. The van der Waals surface area contributed by atoms with Crippen LogP contribution in [0.5, 0.6) is 11.5 Å². The molecule has 1 aliphatic rings. The summed E-state index contributed by atoms with van der Waals surface area (Å²) in [5.41, 5.74) is 1.14. The van der Waals surface area contributed by atoms with E-state index in [1.165, 1.54) is 4.88 Å². The summed E-state index contributed by atoms with van der Waals surface area (Å²) in [6.07, 6.45) is 2.01. The van der Waals surface area contributed by atoms with Gasteiger partial charge >= 0.3 is 0 Å². The zero-order valence-corrected chi connectivity index (χ0v) is 19.0. The molecular formula is C20H28IN3O2S. The van der Waals surface area contributed by atoms with Crippen molar-refractivity contribution in [3.05, 3.63) is 46.2 Å². The molecule has 1 aromatic heterocycles. The highest BCUT2D eigenvalue weighted by atomic mass is 127. The molecule has 27 heavy (non-hydrogen) atoms. The Morgan fingerprint density at radius 2 is 2.00 bits per heavy atom. The Kier molecular flexibility index (Phi) is 9.20. The Bertz CT molecular complexity index is 722. The van der Waals surface area contributed by atoms with E-state index in [4.69, 9.17) is 9.47 Å². The number of hydrogen-bond acceptors (Lipinski definition) is 4. The van der Waals surface area contributed by atoms with Gasteiger partial charge in [0.2, 0.25) is 0 Å². The van der Waals surface area contributed by atoms with E-state index in [0.717, 1.165) is 42.4 Å². The number of nitrogens with one attached hydrogen (secondary N) is 2. The van der Waals surface area contributed by atoms with Gasteiger partial charge in [-0.25, -0.2) is 0 Å². The van der Waals surface area contributed by atoms with Crippen molar-refractivity contribution < 1.29 is 9.47 Å². The van der Waals surface area contributed by atoms with Crippen LogP contribution < -0.4 is 20.1 Å². The van der Waals surface area contributed by atoms with Gasteiger partial charge in [0, 0.05) is 31.4 Å². The summed E-state index contributed by atoms with van der Waals surface area (Å²) in [6, 6.07) is 10.4. The van der Waals surface area contributed by atoms with Crippen LogP contribution in [0.3, 0.4) is 0 Å². The second-order valence-electron chi connectivity index (χ2n) is 6.53. The molecule has 0 aliphatic carbocycles. The van der Waals surface area contributed by atoms with E-state index in [0.29, 0.717) is 25.7 Å². The number of fused-ring (bicyclic) bond motifs is 1. The van der Waals surface area contributed by atoms with Crippen LogP contribution in [-0.4, -0.2) is 32.8 Å². The molecule has 2 heterocycles. The summed E-state index contributed by atoms with van der Waals surface area (Å²) < 4.78 is 11.4. The Hall–Kier alpha value is -1.48. The third kappa shape index (κ3) is 6.88. The topological polar surface area (TPSA) is 54.9 Å². The van der Waals surface area contributed by atoms with Crippen molar-refractivity contribution >= 4 is 41.3 Å². The Balaban J connectivity index is 0.00000261. The highest BCUT2D eigenvalue weighted by Gasteiger charge is 2.11. The zero-order chi connectivity index (χ0) is 18.2. The first-order valence-corrected chi connectivity index (χ1v) is 9.98. The van der Waals surface area contributed by atoms with Gasteiger partial charge in [-0.2, -0.15) is 0 Å². The highest BCUT2D eigenvalue weighted by Crippen LogP contribution is 2.30. The largest absolute Gasteiger partial charge is 0.490 e. The molecule has 3 rings (SSSR count). The number of halogens is 1. The van der Waals surface area contributed by atoms with E-state index < -0.39 is 0 Å². The molecule has 0 bridgehead atoms. The smallest absolute Gasteiger partial charge is 0.191 e. The van der Waals surface area contributed by atoms with Crippen molar-refractivity contribution in [2.45, 2.75) is 26.3 Å². The Morgan fingerprint density at radius 3 is 2.74 bits per heavy atom. The number of hydrogen-bond donors (Lipinski definition) is 2. The molecular weight excluding hydrogens is 473 g/mol. The molecule has 0 fully saturated rings. The summed E-state index contributed by atoms with van der Waals surface area (Å²) >= 11 is 1.82. The molecule has 2 N–H and O–H groups in total. The quantitative estimate of drug-likeness (QED) is 0.356. The molecule has 2 aromatic rings. The molecule has 5 nitrogen and oxygen atoms in total. The lowest BCUT2D eigenvalue weighted by molar-refractivity contribution is 0.297. The van der Waals surface area contributed by atoms with Crippen LogP contribution in [0.15, 0.2) is 40.7 Å². The number of guanidine groups is 1. The van der Waals surface area contributed by atoms with Gasteiger partial charge in [-0.15, -0.1) is 35.3 Å². The van der Waals surface area contributed by atoms with E-state index in [9.17, 15) is 0 Å². The predicted molar refractivity (Wildman–Crippen MR) is 123 cm³/mol. The molecule has 0 spiro atoms. The molecule has 0 radical (unpaired) electrons. The number of nitrogens with zero attached hydrogens (tertiary/aromatic N) is 1. The third-order valence-corrected chi connectivity index (χ3v) is 5.14. The normalized spacial score (nSPS) is 14.7. The average molecular weight is 501 g/mol. The number of ether oxygens (including phenoxy) is 2. The maximum atomic E-state index is 5.75. The summed E-state index contributed by atoms with van der Waals surface area (Å²) in [7, 11) is 1.80. The van der Waals surface area contributed by atoms with Gasteiger partial charge in [-0.3, -0.25) is 4.99 Å². The van der Waals surface area contributed by atoms with Gasteiger partial charge < -0.3 is 20.1 Å². The third-order valence-electron chi connectivity index (χ3n) is 4.24. The molecule has 1 aromatic carbocycles. The standard InChI is InChI=1S/C20H27N3O2S.HI/c1-15(11-17-5-3-10-26-17)13-22-20(21-2)23-14-16-6-7-18-19(12-16)25-9-4-8-24-18;/h3,5-7,10,12,15H,4,8-9,11,13-14H2,1-2H3,(H2,21,22,23);1H. The fraction of sp³-hybridized carbons (Fsp3) is 0.450. The van der Waals surface area contributed by atoms with E-state index >= 15 is 0 Å². The molecule has 0 amide bonds. The van der Waals surface area contributed by atoms with Crippen LogP contribution in [0.4, 0.5) is 0 Å². The maximum Gasteiger partial charge on any atom is 0.191 e. The fourth-order valence-electron chi connectivity index (χ4n) is 2.84. The Labute approximate surface area is 182 Å². The number of benzene rings is 1. The highest BCUT2D eigenvalue weighted by molar-refractivity contribution is 14.0. The van der Waals surface area contributed by atoms with Crippen molar-refractivity contribution in [2.75, 3.05) is 26.8 Å². The molecule has 148 valence electrons. The zero-order valence-electron chi connectivity index (χ0n) is 15.9.